The van der Waals surface area contributed by atoms with Crippen molar-refractivity contribution < 1.29 is 9.53 Å². The SMILES string of the molecule is CCCCc1ccc2ccccc2c1/C=C/C(=O)OCc1ccccc1. The first kappa shape index (κ1) is 17.9. The number of aryl methyl sites for hydroxylation is 1. The van der Waals surface area contributed by atoms with Crippen molar-refractivity contribution in [1.82, 2.24) is 0 Å². The van der Waals surface area contributed by atoms with Crippen LogP contribution in [0.5, 0.6) is 0 Å². The number of fused-ring (bicyclic) bond motifs is 1. The number of benzene rings is 3. The Morgan fingerprint density at radius 3 is 2.54 bits per heavy atom. The van der Waals surface area contributed by atoms with E-state index < -0.39 is 0 Å². The molecule has 0 atom stereocenters. The van der Waals surface area contributed by atoms with E-state index in [1.54, 1.807) is 6.08 Å². The van der Waals surface area contributed by atoms with Crippen LogP contribution >= 0.6 is 0 Å². The molecule has 3 aromatic rings. The molecule has 3 aromatic carbocycles. The van der Waals surface area contributed by atoms with Crippen LogP contribution in [0, 0.1) is 0 Å². The lowest BCUT2D eigenvalue weighted by Crippen LogP contribution is -2.01. The number of carbonyl (C=O) groups excluding carboxylic acids is 1. The first-order valence-corrected chi connectivity index (χ1v) is 9.17. The molecule has 0 N–H and O–H groups in total. The molecule has 26 heavy (non-hydrogen) atoms. The summed E-state index contributed by atoms with van der Waals surface area (Å²) in [6.07, 6.45) is 6.74. The standard InChI is InChI=1S/C24H24O2/c1-2-3-11-20-14-15-21-12-7-8-13-22(21)23(20)16-17-24(25)26-18-19-9-5-4-6-10-19/h4-10,12-17H,2-3,11,18H2,1H3/b17-16+. The summed E-state index contributed by atoms with van der Waals surface area (Å²) in [6, 6.07) is 22.3. The maximum Gasteiger partial charge on any atom is 0.331 e. The first-order valence-electron chi connectivity index (χ1n) is 9.17. The number of hydrogen-bond acceptors (Lipinski definition) is 2. The van der Waals surface area contributed by atoms with Crippen LogP contribution in [0.3, 0.4) is 0 Å². The molecule has 2 heteroatoms. The van der Waals surface area contributed by atoms with E-state index in [0.29, 0.717) is 6.61 Å². The Balaban J connectivity index is 1.79. The minimum Gasteiger partial charge on any atom is -0.458 e. The van der Waals surface area contributed by atoms with Crippen molar-refractivity contribution in [2.45, 2.75) is 32.8 Å². The van der Waals surface area contributed by atoms with Gasteiger partial charge in [-0.1, -0.05) is 80.1 Å². The molecule has 0 unspecified atom stereocenters. The third-order valence-corrected chi connectivity index (χ3v) is 4.47. The Hall–Kier alpha value is -2.87. The summed E-state index contributed by atoms with van der Waals surface area (Å²) in [5.41, 5.74) is 3.38. The van der Waals surface area contributed by atoms with Crippen molar-refractivity contribution in [2.75, 3.05) is 0 Å². The van der Waals surface area contributed by atoms with Crippen molar-refractivity contribution in [1.29, 1.82) is 0 Å². The van der Waals surface area contributed by atoms with E-state index >= 15 is 0 Å². The molecule has 0 amide bonds. The van der Waals surface area contributed by atoms with E-state index in [0.717, 1.165) is 30.4 Å². The van der Waals surface area contributed by atoms with Crippen molar-refractivity contribution in [3.8, 4) is 0 Å². The predicted molar refractivity (Wildman–Crippen MR) is 108 cm³/mol. The van der Waals surface area contributed by atoms with Crippen LogP contribution < -0.4 is 0 Å². The van der Waals surface area contributed by atoms with Gasteiger partial charge in [-0.05, 0) is 46.4 Å². The molecule has 0 spiro atoms. The number of hydrogen-bond donors (Lipinski definition) is 0. The van der Waals surface area contributed by atoms with Crippen LogP contribution in [-0.2, 0) is 22.6 Å². The average Bonchev–Trinajstić information content (AvgIpc) is 2.70. The van der Waals surface area contributed by atoms with E-state index in [4.69, 9.17) is 4.74 Å². The molecule has 0 aromatic heterocycles. The van der Waals surface area contributed by atoms with Gasteiger partial charge in [0.2, 0.25) is 0 Å². The van der Waals surface area contributed by atoms with Crippen LogP contribution in [0.2, 0.25) is 0 Å². The summed E-state index contributed by atoms with van der Waals surface area (Å²) in [5.74, 6) is -0.316. The van der Waals surface area contributed by atoms with Gasteiger partial charge in [-0.3, -0.25) is 0 Å². The lowest BCUT2D eigenvalue weighted by Gasteiger charge is -2.10. The van der Waals surface area contributed by atoms with Gasteiger partial charge in [-0.15, -0.1) is 0 Å². The second kappa shape index (κ2) is 9.00. The van der Waals surface area contributed by atoms with E-state index in [1.807, 2.05) is 48.5 Å². The smallest absolute Gasteiger partial charge is 0.331 e. The largest absolute Gasteiger partial charge is 0.458 e. The van der Waals surface area contributed by atoms with Crippen molar-refractivity contribution in [3.63, 3.8) is 0 Å². The fourth-order valence-electron chi connectivity index (χ4n) is 3.05. The van der Waals surface area contributed by atoms with E-state index in [1.165, 1.54) is 16.3 Å². The number of ether oxygens (including phenoxy) is 1. The molecule has 0 aliphatic carbocycles. The highest BCUT2D eigenvalue weighted by Gasteiger charge is 2.06. The summed E-state index contributed by atoms with van der Waals surface area (Å²) >= 11 is 0. The van der Waals surface area contributed by atoms with Gasteiger partial charge in [-0.2, -0.15) is 0 Å². The van der Waals surface area contributed by atoms with Gasteiger partial charge in [0.1, 0.15) is 6.61 Å². The van der Waals surface area contributed by atoms with Gasteiger partial charge in [-0.25, -0.2) is 4.79 Å². The lowest BCUT2D eigenvalue weighted by molar-refractivity contribution is -0.138. The summed E-state index contributed by atoms with van der Waals surface area (Å²) in [7, 11) is 0. The maximum absolute atomic E-state index is 12.1. The van der Waals surface area contributed by atoms with Crippen LogP contribution in [0.15, 0.2) is 72.8 Å². The number of carbonyl (C=O) groups is 1. The number of esters is 1. The zero-order valence-electron chi connectivity index (χ0n) is 15.2. The normalized spacial score (nSPS) is 11.1. The van der Waals surface area contributed by atoms with Gasteiger partial charge in [0.05, 0.1) is 0 Å². The van der Waals surface area contributed by atoms with Crippen LogP contribution in [0.25, 0.3) is 16.8 Å². The van der Waals surface area contributed by atoms with Crippen molar-refractivity contribution >= 4 is 22.8 Å². The Bertz CT molecular complexity index is 894. The van der Waals surface area contributed by atoms with Gasteiger partial charge in [0, 0.05) is 6.08 Å². The molecule has 0 fully saturated rings. The highest BCUT2D eigenvalue weighted by atomic mass is 16.5. The fourth-order valence-corrected chi connectivity index (χ4v) is 3.05. The second-order valence-electron chi connectivity index (χ2n) is 6.39. The van der Waals surface area contributed by atoms with E-state index in [9.17, 15) is 4.79 Å². The highest BCUT2D eigenvalue weighted by molar-refractivity contribution is 5.95. The Morgan fingerprint density at radius 1 is 0.962 bits per heavy atom. The van der Waals surface area contributed by atoms with Crippen LogP contribution in [0.1, 0.15) is 36.5 Å². The Kier molecular flexibility index (Phi) is 6.21. The van der Waals surface area contributed by atoms with Crippen LogP contribution in [-0.4, -0.2) is 5.97 Å². The fraction of sp³-hybridized carbons (Fsp3) is 0.208. The quantitative estimate of drug-likeness (QED) is 0.392. The minimum atomic E-state index is -0.316. The number of unbranched alkanes of at least 4 members (excludes halogenated alkanes) is 1. The maximum atomic E-state index is 12.1. The second-order valence-corrected chi connectivity index (χ2v) is 6.39. The topological polar surface area (TPSA) is 26.3 Å². The molecule has 0 aliphatic rings. The highest BCUT2D eigenvalue weighted by Crippen LogP contribution is 2.25. The molecule has 0 aliphatic heterocycles. The zero-order chi connectivity index (χ0) is 18.2. The summed E-state index contributed by atoms with van der Waals surface area (Å²) in [4.78, 5) is 12.1. The molecule has 3 rings (SSSR count). The third-order valence-electron chi connectivity index (χ3n) is 4.47. The molecule has 0 saturated carbocycles. The molecular weight excluding hydrogens is 320 g/mol. The Morgan fingerprint density at radius 2 is 1.73 bits per heavy atom. The van der Waals surface area contributed by atoms with Crippen LogP contribution in [0.4, 0.5) is 0 Å². The molecule has 0 saturated heterocycles. The molecule has 132 valence electrons. The average molecular weight is 344 g/mol. The van der Waals surface area contributed by atoms with Gasteiger partial charge < -0.3 is 4.74 Å². The molecule has 0 heterocycles. The summed E-state index contributed by atoms with van der Waals surface area (Å²) in [6.45, 7) is 2.49. The molecule has 0 bridgehead atoms. The molecule has 0 radical (unpaired) electrons. The van der Waals surface area contributed by atoms with E-state index in [-0.39, 0.29) is 5.97 Å². The van der Waals surface area contributed by atoms with Gasteiger partial charge in [0.15, 0.2) is 0 Å². The van der Waals surface area contributed by atoms with E-state index in [2.05, 4.69) is 31.2 Å². The molecular formula is C24H24O2. The first-order chi connectivity index (χ1) is 12.8. The summed E-state index contributed by atoms with van der Waals surface area (Å²) in [5, 5.41) is 2.36. The monoisotopic (exact) mass is 344 g/mol. The zero-order valence-corrected chi connectivity index (χ0v) is 15.2. The third kappa shape index (κ3) is 4.60. The molecule has 2 nitrogen and oxygen atoms in total. The lowest BCUT2D eigenvalue weighted by atomic mass is 9.95. The van der Waals surface area contributed by atoms with Crippen molar-refractivity contribution in [2.24, 2.45) is 0 Å². The number of rotatable bonds is 7. The predicted octanol–water partition coefficient (Wildman–Crippen LogP) is 5.94. The van der Waals surface area contributed by atoms with Crippen molar-refractivity contribution in [3.05, 3.63) is 89.5 Å². The van der Waals surface area contributed by atoms with Gasteiger partial charge in [0.25, 0.3) is 0 Å². The Labute approximate surface area is 155 Å². The summed E-state index contributed by atoms with van der Waals surface area (Å²) < 4.78 is 5.36. The minimum absolute atomic E-state index is 0.294. The van der Waals surface area contributed by atoms with Gasteiger partial charge >= 0.3 is 5.97 Å².